The van der Waals surface area contributed by atoms with E-state index < -0.39 is 10.9 Å². The first kappa shape index (κ1) is 21.0. The predicted octanol–water partition coefficient (Wildman–Crippen LogP) is 2.11. The number of non-ortho nitro benzene ring substituents is 1. The van der Waals surface area contributed by atoms with Crippen LogP contribution in [0, 0.1) is 10.1 Å². The number of rotatable bonds is 5. The van der Waals surface area contributed by atoms with Crippen molar-refractivity contribution >= 4 is 22.6 Å². The Kier molecular flexibility index (Phi) is 6.09. The van der Waals surface area contributed by atoms with Crippen molar-refractivity contribution in [2.24, 2.45) is 0 Å². The lowest BCUT2D eigenvalue weighted by Gasteiger charge is -2.17. The van der Waals surface area contributed by atoms with Crippen LogP contribution in [0.4, 0.5) is 5.69 Å². The average Bonchev–Trinajstić information content (AvgIpc) is 2.73. The van der Waals surface area contributed by atoms with Gasteiger partial charge in [0.25, 0.3) is 5.69 Å². The number of carbonyl (C=O) groups is 1. The molecule has 4 aromatic rings. The van der Waals surface area contributed by atoms with E-state index in [0.29, 0.717) is 27.7 Å². The minimum Gasteiger partial charge on any atom is -1.00 e. The molecule has 1 heterocycles. The summed E-state index contributed by atoms with van der Waals surface area (Å²) in [5.74, 6) is -0.994. The van der Waals surface area contributed by atoms with Crippen LogP contribution < -0.4 is 12.4 Å². The lowest BCUT2D eigenvalue weighted by atomic mass is 9.90. The summed E-state index contributed by atoms with van der Waals surface area (Å²) in [5.41, 5.74) is 3.83. The molecule has 0 aliphatic carbocycles. The maximum atomic E-state index is 11.7. The fourth-order valence-corrected chi connectivity index (χ4v) is 3.50. The lowest BCUT2D eigenvalue weighted by molar-refractivity contribution is -0.384. The second-order valence-electron chi connectivity index (χ2n) is 6.58. The summed E-state index contributed by atoms with van der Waals surface area (Å²) in [5, 5.41) is 21.5. The summed E-state index contributed by atoms with van der Waals surface area (Å²) < 4.78 is 0. The van der Waals surface area contributed by atoms with Gasteiger partial charge in [-0.25, -0.2) is 4.98 Å². The van der Waals surface area contributed by atoms with Crippen LogP contribution >= 0.6 is 0 Å². The highest BCUT2D eigenvalue weighted by Crippen LogP contribution is 2.38. The Morgan fingerprint density at radius 3 is 2.10 bits per heavy atom. The Hall–Kier alpha value is -3.77. The molecule has 150 valence electrons. The van der Waals surface area contributed by atoms with Crippen molar-refractivity contribution in [1.29, 1.82) is 0 Å². The number of hydrogen-bond acceptors (Lipinski definition) is 4. The van der Waals surface area contributed by atoms with Crippen LogP contribution in [0.5, 0.6) is 0 Å². The summed E-state index contributed by atoms with van der Waals surface area (Å²) in [6.45, 7) is 0. The number of carboxylic acids is 1. The molecule has 3 aromatic carbocycles. The normalized spacial score (nSPS) is 10.4. The predicted molar refractivity (Wildman–Crippen MR) is 111 cm³/mol. The fourth-order valence-electron chi connectivity index (χ4n) is 3.50. The molecule has 4 rings (SSSR count). The third-order valence-corrected chi connectivity index (χ3v) is 4.72. The molecule has 0 bridgehead atoms. The molecule has 30 heavy (non-hydrogen) atoms. The van der Waals surface area contributed by atoms with Crippen molar-refractivity contribution in [3.63, 3.8) is 0 Å². The minimum absolute atomic E-state index is 0. The number of fused-ring (bicyclic) bond motifs is 1. The second kappa shape index (κ2) is 8.71. The minimum atomic E-state index is -0.994. The standard InChI is InChI=1S/C23H16N2O4.ClH/c26-21(27)14-19-22(15-7-3-1-4-8-15)18-13-17(25(28)29)11-12-20(18)24-23(19)16-9-5-2-6-10-16;/h1-13H,14H2,(H,26,27);1H/p-1. The van der Waals surface area contributed by atoms with Gasteiger partial charge in [0.1, 0.15) is 0 Å². The molecule has 0 saturated carbocycles. The molecule has 0 radical (unpaired) electrons. The van der Waals surface area contributed by atoms with Crippen LogP contribution in [0.15, 0.2) is 78.9 Å². The third kappa shape index (κ3) is 3.99. The van der Waals surface area contributed by atoms with E-state index in [0.717, 1.165) is 11.1 Å². The highest BCUT2D eigenvalue weighted by molar-refractivity contribution is 6.01. The molecule has 6 nitrogen and oxygen atoms in total. The van der Waals surface area contributed by atoms with Crippen molar-refractivity contribution in [1.82, 2.24) is 4.98 Å². The van der Waals surface area contributed by atoms with Crippen LogP contribution in [0.2, 0.25) is 0 Å². The highest BCUT2D eigenvalue weighted by Gasteiger charge is 2.21. The SMILES string of the molecule is O=C(O)Cc1c(-c2ccccc2)nc2ccc([N+](=O)[O-])cc2c1-c1ccccc1.[Cl-]. The molecule has 0 unspecified atom stereocenters. The van der Waals surface area contributed by atoms with Crippen molar-refractivity contribution in [2.75, 3.05) is 0 Å². The number of benzene rings is 3. The largest absolute Gasteiger partial charge is 1.00 e. The smallest absolute Gasteiger partial charge is 0.307 e. The van der Waals surface area contributed by atoms with Crippen LogP contribution in [0.3, 0.4) is 0 Å². The highest BCUT2D eigenvalue weighted by atomic mass is 35.5. The quantitative estimate of drug-likeness (QED) is 0.395. The zero-order valence-corrected chi connectivity index (χ0v) is 16.4. The number of hydrogen-bond donors (Lipinski definition) is 1. The van der Waals surface area contributed by atoms with Gasteiger partial charge < -0.3 is 17.5 Å². The molecular weight excluding hydrogens is 404 g/mol. The molecule has 0 spiro atoms. The van der Waals surface area contributed by atoms with E-state index in [1.807, 2.05) is 60.7 Å². The summed E-state index contributed by atoms with van der Waals surface area (Å²) in [6.07, 6.45) is -0.250. The summed E-state index contributed by atoms with van der Waals surface area (Å²) in [4.78, 5) is 27.3. The van der Waals surface area contributed by atoms with Gasteiger partial charge in [0, 0.05) is 23.1 Å². The number of aromatic nitrogens is 1. The van der Waals surface area contributed by atoms with Crippen LogP contribution in [0.25, 0.3) is 33.3 Å². The average molecular weight is 420 g/mol. The van der Waals surface area contributed by atoms with E-state index in [2.05, 4.69) is 0 Å². The third-order valence-electron chi connectivity index (χ3n) is 4.72. The van der Waals surface area contributed by atoms with Crippen molar-refractivity contribution < 1.29 is 27.2 Å². The molecule has 0 amide bonds. The van der Waals surface area contributed by atoms with E-state index in [1.165, 1.54) is 12.1 Å². The molecule has 1 aromatic heterocycles. The Bertz CT molecular complexity index is 1230. The van der Waals surface area contributed by atoms with E-state index in [-0.39, 0.29) is 24.5 Å². The van der Waals surface area contributed by atoms with Crippen molar-refractivity contribution in [3.8, 4) is 22.4 Å². The lowest BCUT2D eigenvalue weighted by Crippen LogP contribution is -3.00. The van der Waals surface area contributed by atoms with Gasteiger partial charge in [-0.2, -0.15) is 0 Å². The van der Waals surface area contributed by atoms with Gasteiger partial charge in [-0.3, -0.25) is 14.9 Å². The Morgan fingerprint density at radius 1 is 0.933 bits per heavy atom. The molecule has 0 atom stereocenters. The van der Waals surface area contributed by atoms with Crippen molar-refractivity contribution in [2.45, 2.75) is 6.42 Å². The molecule has 0 fully saturated rings. The number of nitro benzene ring substituents is 1. The van der Waals surface area contributed by atoms with E-state index in [9.17, 15) is 20.0 Å². The molecule has 0 saturated heterocycles. The maximum Gasteiger partial charge on any atom is 0.307 e. The zero-order valence-electron chi connectivity index (χ0n) is 15.7. The topological polar surface area (TPSA) is 93.3 Å². The molecule has 0 aliphatic heterocycles. The first-order valence-electron chi connectivity index (χ1n) is 8.98. The van der Waals surface area contributed by atoms with Crippen LogP contribution in [-0.2, 0) is 11.2 Å². The molecule has 7 heteroatoms. The van der Waals surface area contributed by atoms with Gasteiger partial charge in [-0.15, -0.1) is 0 Å². The number of carboxylic acid groups (broad SMARTS) is 1. The van der Waals surface area contributed by atoms with Gasteiger partial charge in [-0.1, -0.05) is 60.7 Å². The second-order valence-corrected chi connectivity index (χ2v) is 6.58. The maximum absolute atomic E-state index is 11.7. The number of aliphatic carboxylic acids is 1. The zero-order chi connectivity index (χ0) is 20.4. The Labute approximate surface area is 178 Å². The first-order chi connectivity index (χ1) is 14.0. The van der Waals surface area contributed by atoms with Gasteiger partial charge in [-0.05, 0) is 22.8 Å². The molecule has 1 N–H and O–H groups in total. The summed E-state index contributed by atoms with van der Waals surface area (Å²) >= 11 is 0. The number of nitrogens with zero attached hydrogens (tertiary/aromatic N) is 2. The first-order valence-corrected chi connectivity index (χ1v) is 8.98. The van der Waals surface area contributed by atoms with E-state index in [1.54, 1.807) is 6.07 Å². The monoisotopic (exact) mass is 419 g/mol. The van der Waals surface area contributed by atoms with E-state index in [4.69, 9.17) is 4.98 Å². The molecule has 0 aliphatic rings. The van der Waals surface area contributed by atoms with Crippen molar-refractivity contribution in [3.05, 3.63) is 94.5 Å². The van der Waals surface area contributed by atoms with E-state index >= 15 is 0 Å². The number of halogens is 1. The van der Waals surface area contributed by atoms with Gasteiger partial charge in [0.05, 0.1) is 22.6 Å². The number of nitro groups is 1. The van der Waals surface area contributed by atoms with Gasteiger partial charge >= 0.3 is 5.97 Å². The summed E-state index contributed by atoms with van der Waals surface area (Å²) in [6, 6.07) is 23.1. The van der Waals surface area contributed by atoms with Crippen LogP contribution in [-0.4, -0.2) is 21.0 Å². The van der Waals surface area contributed by atoms with Crippen LogP contribution in [0.1, 0.15) is 5.56 Å². The summed E-state index contributed by atoms with van der Waals surface area (Å²) in [7, 11) is 0. The Morgan fingerprint density at radius 2 is 1.53 bits per heavy atom. The van der Waals surface area contributed by atoms with Gasteiger partial charge in [0.15, 0.2) is 0 Å². The fraction of sp³-hybridized carbons (Fsp3) is 0.0435. The molecular formula is C23H16ClN2O4-. The van der Waals surface area contributed by atoms with Gasteiger partial charge in [0.2, 0.25) is 0 Å². The Balaban J connectivity index is 0.00000256. The number of pyridine rings is 1.